The van der Waals surface area contributed by atoms with Crippen molar-refractivity contribution in [1.82, 2.24) is 5.43 Å². The van der Waals surface area contributed by atoms with Crippen LogP contribution in [0.5, 0.6) is 0 Å². The molecule has 0 aliphatic carbocycles. The summed E-state index contributed by atoms with van der Waals surface area (Å²) in [5, 5.41) is 0. The highest BCUT2D eigenvalue weighted by Gasteiger charge is 2.21. The minimum atomic E-state index is -0.225. The van der Waals surface area contributed by atoms with Gasteiger partial charge in [0.15, 0.2) is 0 Å². The molecular formula is C17H20BrFN2. The highest BCUT2D eigenvalue weighted by molar-refractivity contribution is 9.10. The molecule has 0 fully saturated rings. The van der Waals surface area contributed by atoms with E-state index in [4.69, 9.17) is 5.84 Å². The topological polar surface area (TPSA) is 38.0 Å². The number of nitrogens with one attached hydrogen (secondary N) is 1. The molecule has 0 saturated carbocycles. The molecule has 2 aromatic rings. The fraction of sp³-hybridized carbons (Fsp3) is 0.294. The molecule has 2 aromatic carbocycles. The van der Waals surface area contributed by atoms with Gasteiger partial charge >= 0.3 is 0 Å². The van der Waals surface area contributed by atoms with Crippen molar-refractivity contribution in [3.05, 3.63) is 69.9 Å². The quantitative estimate of drug-likeness (QED) is 0.606. The van der Waals surface area contributed by atoms with Crippen LogP contribution in [0.4, 0.5) is 4.39 Å². The molecule has 0 radical (unpaired) electrons. The Morgan fingerprint density at radius 1 is 1.19 bits per heavy atom. The standard InChI is InChI=1S/C17H20BrFN2/c1-2-15(12-6-4-3-5-7-12)17(21-20)11-13-10-14(19)8-9-16(13)18/h3-10,15,17,21H,2,11,20H2,1H3. The van der Waals surface area contributed by atoms with Crippen LogP contribution in [-0.4, -0.2) is 6.04 Å². The second-order valence-electron chi connectivity index (χ2n) is 5.14. The molecule has 0 heterocycles. The molecule has 0 spiro atoms. The first-order chi connectivity index (χ1) is 10.2. The zero-order valence-corrected chi connectivity index (χ0v) is 13.6. The molecule has 4 heteroatoms. The molecule has 0 aliphatic heterocycles. The monoisotopic (exact) mass is 350 g/mol. The summed E-state index contributed by atoms with van der Waals surface area (Å²) in [6.07, 6.45) is 1.63. The van der Waals surface area contributed by atoms with Gasteiger partial charge in [-0.15, -0.1) is 0 Å². The van der Waals surface area contributed by atoms with Crippen molar-refractivity contribution in [2.24, 2.45) is 5.84 Å². The normalized spacial score (nSPS) is 13.9. The zero-order valence-electron chi connectivity index (χ0n) is 12.0. The molecule has 2 rings (SSSR count). The largest absolute Gasteiger partial charge is 0.271 e. The van der Waals surface area contributed by atoms with E-state index in [1.54, 1.807) is 12.1 Å². The number of benzene rings is 2. The van der Waals surface area contributed by atoms with Gasteiger partial charge in [-0.1, -0.05) is 53.2 Å². The van der Waals surface area contributed by atoms with E-state index >= 15 is 0 Å². The lowest BCUT2D eigenvalue weighted by Gasteiger charge is -2.26. The van der Waals surface area contributed by atoms with Crippen molar-refractivity contribution in [3.8, 4) is 0 Å². The number of hydrogen-bond acceptors (Lipinski definition) is 2. The molecular weight excluding hydrogens is 331 g/mol. The van der Waals surface area contributed by atoms with Crippen LogP contribution in [0.1, 0.15) is 30.4 Å². The summed E-state index contributed by atoms with van der Waals surface area (Å²) in [6, 6.07) is 15.1. The fourth-order valence-corrected chi connectivity index (χ4v) is 3.12. The molecule has 0 amide bonds. The van der Waals surface area contributed by atoms with Crippen LogP contribution < -0.4 is 11.3 Å². The maximum Gasteiger partial charge on any atom is 0.123 e. The lowest BCUT2D eigenvalue weighted by atomic mass is 9.86. The van der Waals surface area contributed by atoms with Gasteiger partial charge in [-0.2, -0.15) is 0 Å². The Hall–Kier alpha value is -1.23. The van der Waals surface area contributed by atoms with Crippen molar-refractivity contribution in [2.75, 3.05) is 0 Å². The van der Waals surface area contributed by atoms with E-state index in [-0.39, 0.29) is 17.8 Å². The summed E-state index contributed by atoms with van der Waals surface area (Å²) in [5.41, 5.74) is 5.07. The van der Waals surface area contributed by atoms with Crippen LogP contribution in [0.15, 0.2) is 53.0 Å². The smallest absolute Gasteiger partial charge is 0.123 e. The predicted octanol–water partition coefficient (Wildman–Crippen LogP) is 4.16. The third-order valence-corrected chi connectivity index (χ3v) is 4.59. The summed E-state index contributed by atoms with van der Waals surface area (Å²) >= 11 is 3.48. The minimum Gasteiger partial charge on any atom is -0.271 e. The molecule has 0 bridgehead atoms. The Kier molecular flexibility index (Phi) is 5.91. The van der Waals surface area contributed by atoms with Crippen LogP contribution in [0.2, 0.25) is 0 Å². The van der Waals surface area contributed by atoms with Crippen molar-refractivity contribution >= 4 is 15.9 Å². The second-order valence-corrected chi connectivity index (χ2v) is 5.99. The van der Waals surface area contributed by atoms with Gasteiger partial charge in [-0.05, 0) is 42.2 Å². The van der Waals surface area contributed by atoms with Crippen LogP contribution in [0.3, 0.4) is 0 Å². The van der Waals surface area contributed by atoms with E-state index in [1.807, 2.05) is 18.2 Å². The van der Waals surface area contributed by atoms with E-state index in [0.29, 0.717) is 6.42 Å². The van der Waals surface area contributed by atoms with Gasteiger partial charge in [0.05, 0.1) is 0 Å². The van der Waals surface area contributed by atoms with Gasteiger partial charge in [0.1, 0.15) is 5.82 Å². The Labute approximate surface area is 133 Å². The first-order valence-electron chi connectivity index (χ1n) is 7.10. The summed E-state index contributed by atoms with van der Waals surface area (Å²) in [5.74, 6) is 5.82. The lowest BCUT2D eigenvalue weighted by molar-refractivity contribution is 0.426. The lowest BCUT2D eigenvalue weighted by Crippen LogP contribution is -2.41. The Balaban J connectivity index is 2.24. The van der Waals surface area contributed by atoms with Crippen molar-refractivity contribution < 1.29 is 4.39 Å². The van der Waals surface area contributed by atoms with Gasteiger partial charge < -0.3 is 0 Å². The third-order valence-electron chi connectivity index (χ3n) is 3.81. The van der Waals surface area contributed by atoms with E-state index in [9.17, 15) is 4.39 Å². The van der Waals surface area contributed by atoms with Crippen molar-refractivity contribution in [2.45, 2.75) is 31.7 Å². The van der Waals surface area contributed by atoms with Crippen LogP contribution in [-0.2, 0) is 6.42 Å². The molecule has 2 nitrogen and oxygen atoms in total. The van der Waals surface area contributed by atoms with Crippen molar-refractivity contribution in [1.29, 1.82) is 0 Å². The highest BCUT2D eigenvalue weighted by atomic mass is 79.9. The maximum absolute atomic E-state index is 13.4. The predicted molar refractivity (Wildman–Crippen MR) is 88.4 cm³/mol. The maximum atomic E-state index is 13.4. The van der Waals surface area contributed by atoms with E-state index in [2.05, 4.69) is 40.4 Å². The van der Waals surface area contributed by atoms with Gasteiger partial charge in [0, 0.05) is 16.4 Å². The molecule has 0 aliphatic rings. The zero-order chi connectivity index (χ0) is 15.2. The molecule has 112 valence electrons. The Morgan fingerprint density at radius 3 is 2.52 bits per heavy atom. The minimum absolute atomic E-state index is 0.0514. The van der Waals surface area contributed by atoms with Crippen LogP contribution in [0, 0.1) is 5.82 Å². The Bertz CT molecular complexity index is 574. The molecule has 0 aromatic heterocycles. The SMILES string of the molecule is CCC(c1ccccc1)C(Cc1cc(F)ccc1Br)NN. The van der Waals surface area contributed by atoms with Gasteiger partial charge in [0.2, 0.25) is 0 Å². The molecule has 2 atom stereocenters. The second kappa shape index (κ2) is 7.69. The fourth-order valence-electron chi connectivity index (χ4n) is 2.71. The third kappa shape index (κ3) is 4.13. The van der Waals surface area contributed by atoms with E-state index < -0.39 is 0 Å². The number of hydrogen-bond donors (Lipinski definition) is 2. The summed E-state index contributed by atoms with van der Waals surface area (Å²) in [7, 11) is 0. The summed E-state index contributed by atoms with van der Waals surface area (Å²) in [6.45, 7) is 2.14. The number of halogens is 2. The Morgan fingerprint density at radius 2 is 1.90 bits per heavy atom. The van der Waals surface area contributed by atoms with Gasteiger partial charge in [-0.3, -0.25) is 11.3 Å². The average molecular weight is 351 g/mol. The van der Waals surface area contributed by atoms with E-state index in [0.717, 1.165) is 16.5 Å². The van der Waals surface area contributed by atoms with Crippen molar-refractivity contribution in [3.63, 3.8) is 0 Å². The van der Waals surface area contributed by atoms with Gasteiger partial charge in [-0.25, -0.2) is 4.39 Å². The summed E-state index contributed by atoms with van der Waals surface area (Å²) < 4.78 is 14.3. The van der Waals surface area contributed by atoms with Crippen LogP contribution >= 0.6 is 15.9 Å². The average Bonchev–Trinajstić information content (AvgIpc) is 2.51. The molecule has 21 heavy (non-hydrogen) atoms. The van der Waals surface area contributed by atoms with Gasteiger partial charge in [0.25, 0.3) is 0 Å². The number of nitrogens with two attached hydrogens (primary N) is 1. The molecule has 3 N–H and O–H groups in total. The first kappa shape index (κ1) is 16.1. The van der Waals surface area contributed by atoms with E-state index in [1.165, 1.54) is 11.6 Å². The summed E-state index contributed by atoms with van der Waals surface area (Å²) in [4.78, 5) is 0. The molecule has 2 unspecified atom stereocenters. The number of hydrazine groups is 1. The van der Waals surface area contributed by atoms with Crippen LogP contribution in [0.25, 0.3) is 0 Å². The highest BCUT2D eigenvalue weighted by Crippen LogP contribution is 2.27. The first-order valence-corrected chi connectivity index (χ1v) is 7.90. The molecule has 0 saturated heterocycles. The number of rotatable bonds is 6.